The average molecular weight is 449 g/mol. The predicted molar refractivity (Wildman–Crippen MR) is 116 cm³/mol. The minimum absolute atomic E-state index is 0.114. The maximum atomic E-state index is 13.5. The highest BCUT2D eigenvalue weighted by atomic mass is 32.2. The third-order valence-electron chi connectivity index (χ3n) is 4.80. The number of fused-ring (bicyclic) bond motifs is 1. The maximum absolute atomic E-state index is 13.5. The van der Waals surface area contributed by atoms with Gasteiger partial charge in [-0.3, -0.25) is 0 Å². The summed E-state index contributed by atoms with van der Waals surface area (Å²) in [5, 5.41) is 1.78. The van der Waals surface area contributed by atoms with E-state index in [-0.39, 0.29) is 17.6 Å². The SMILES string of the molecule is CCOC(c1cc(OCc2ccc3ccccc3c2)cc(C(F)(F)F)c1)C(C)SN=N. The number of nitrogens with one attached hydrogen (secondary N) is 1. The Balaban J connectivity index is 1.90. The molecule has 2 unspecified atom stereocenters. The van der Waals surface area contributed by atoms with Gasteiger partial charge in [-0.05, 0) is 60.0 Å². The van der Waals surface area contributed by atoms with Gasteiger partial charge in [-0.2, -0.15) is 18.7 Å². The molecule has 0 aliphatic rings. The van der Waals surface area contributed by atoms with Gasteiger partial charge in [-0.15, -0.1) is 4.52 Å². The highest BCUT2D eigenvalue weighted by Crippen LogP contribution is 2.38. The lowest BCUT2D eigenvalue weighted by Gasteiger charge is -2.23. The summed E-state index contributed by atoms with van der Waals surface area (Å²) in [6, 6.07) is 17.3. The molecule has 3 aromatic rings. The van der Waals surface area contributed by atoms with E-state index in [1.807, 2.05) is 42.5 Å². The number of ether oxygens (including phenoxy) is 2. The van der Waals surface area contributed by atoms with Crippen LogP contribution in [0.4, 0.5) is 13.2 Å². The van der Waals surface area contributed by atoms with Crippen molar-refractivity contribution in [3.63, 3.8) is 0 Å². The fourth-order valence-electron chi connectivity index (χ4n) is 3.35. The molecule has 0 saturated carbocycles. The summed E-state index contributed by atoms with van der Waals surface area (Å²) in [6.45, 7) is 3.99. The summed E-state index contributed by atoms with van der Waals surface area (Å²) < 4.78 is 55.3. The number of hydrogen-bond acceptors (Lipinski definition) is 5. The van der Waals surface area contributed by atoms with Gasteiger partial charge < -0.3 is 9.47 Å². The molecule has 0 aromatic heterocycles. The van der Waals surface area contributed by atoms with Crippen LogP contribution in [0.25, 0.3) is 10.8 Å². The molecule has 0 aliphatic carbocycles. The van der Waals surface area contributed by atoms with Gasteiger partial charge in [-0.1, -0.05) is 36.4 Å². The smallest absolute Gasteiger partial charge is 0.416 e. The Kier molecular flexibility index (Phi) is 7.56. The Labute approximate surface area is 183 Å². The molecule has 3 aromatic carbocycles. The fourth-order valence-corrected chi connectivity index (χ4v) is 3.86. The van der Waals surface area contributed by atoms with Gasteiger partial charge >= 0.3 is 6.18 Å². The van der Waals surface area contributed by atoms with Crippen molar-refractivity contribution in [1.82, 2.24) is 0 Å². The average Bonchev–Trinajstić information content (AvgIpc) is 2.75. The van der Waals surface area contributed by atoms with E-state index >= 15 is 0 Å². The molecular weight excluding hydrogens is 425 g/mol. The first-order chi connectivity index (χ1) is 14.8. The summed E-state index contributed by atoms with van der Waals surface area (Å²) in [6.07, 6.45) is -5.18. The van der Waals surface area contributed by atoms with Gasteiger partial charge in [0.2, 0.25) is 0 Å². The summed E-state index contributed by atoms with van der Waals surface area (Å²) in [7, 11) is 0. The Morgan fingerprint density at radius 2 is 1.77 bits per heavy atom. The molecule has 0 spiro atoms. The van der Waals surface area contributed by atoms with Gasteiger partial charge in [0.1, 0.15) is 12.4 Å². The highest BCUT2D eigenvalue weighted by Gasteiger charge is 2.33. The number of rotatable bonds is 9. The lowest BCUT2D eigenvalue weighted by Crippen LogP contribution is -2.17. The number of alkyl halides is 3. The van der Waals surface area contributed by atoms with Crippen LogP contribution in [0.1, 0.15) is 36.6 Å². The number of halogens is 3. The zero-order chi connectivity index (χ0) is 22.4. The molecule has 2 atom stereocenters. The van der Waals surface area contributed by atoms with Crippen molar-refractivity contribution in [2.24, 2.45) is 4.52 Å². The van der Waals surface area contributed by atoms with E-state index < -0.39 is 17.8 Å². The monoisotopic (exact) mass is 448 g/mol. The predicted octanol–water partition coefficient (Wildman–Crippen LogP) is 7.58. The summed E-state index contributed by atoms with van der Waals surface area (Å²) in [5.74, 6) is 0.114. The van der Waals surface area contributed by atoms with E-state index in [1.54, 1.807) is 19.9 Å². The van der Waals surface area contributed by atoms with Crippen molar-refractivity contribution in [1.29, 1.82) is 5.53 Å². The number of benzene rings is 3. The molecule has 0 amide bonds. The van der Waals surface area contributed by atoms with Crippen LogP contribution in [0.15, 0.2) is 65.2 Å². The lowest BCUT2D eigenvalue weighted by molar-refractivity contribution is -0.137. The molecule has 4 nitrogen and oxygen atoms in total. The summed E-state index contributed by atoms with van der Waals surface area (Å²) in [5.41, 5.74) is 7.45. The van der Waals surface area contributed by atoms with Crippen molar-refractivity contribution >= 4 is 22.7 Å². The van der Waals surface area contributed by atoms with Crippen molar-refractivity contribution in [3.05, 3.63) is 77.4 Å². The molecule has 0 saturated heterocycles. The van der Waals surface area contributed by atoms with Crippen LogP contribution in [0, 0.1) is 5.53 Å². The Morgan fingerprint density at radius 3 is 2.45 bits per heavy atom. The molecule has 0 radical (unpaired) electrons. The highest BCUT2D eigenvalue weighted by molar-refractivity contribution is 7.98. The first-order valence-corrected chi connectivity index (χ1v) is 10.6. The zero-order valence-electron chi connectivity index (χ0n) is 17.1. The molecule has 31 heavy (non-hydrogen) atoms. The van der Waals surface area contributed by atoms with Crippen LogP contribution in [0.3, 0.4) is 0 Å². The van der Waals surface area contributed by atoms with Crippen molar-refractivity contribution in [2.45, 2.75) is 38.0 Å². The van der Waals surface area contributed by atoms with Crippen molar-refractivity contribution in [3.8, 4) is 5.75 Å². The first kappa shape index (κ1) is 23.1. The minimum atomic E-state index is -4.52. The van der Waals surface area contributed by atoms with E-state index in [9.17, 15) is 13.2 Å². The molecule has 164 valence electrons. The maximum Gasteiger partial charge on any atom is 0.416 e. The zero-order valence-corrected chi connectivity index (χ0v) is 18.0. The van der Waals surface area contributed by atoms with E-state index in [1.165, 1.54) is 0 Å². The third-order valence-corrected chi connectivity index (χ3v) is 5.48. The molecule has 8 heteroatoms. The molecular formula is C23H23F3N2O2S. The third kappa shape index (κ3) is 5.98. The fraction of sp³-hybridized carbons (Fsp3) is 0.304. The molecule has 0 bridgehead atoms. The largest absolute Gasteiger partial charge is 0.489 e. The van der Waals surface area contributed by atoms with Crippen LogP contribution in [-0.2, 0) is 17.5 Å². The standard InChI is InChI=1S/C23H23F3N2O2S/c1-3-29-22(15(2)31-28-27)19-11-20(23(24,25)26)13-21(12-19)30-14-16-8-9-17-6-4-5-7-18(17)10-16/h4-13,15,22,27H,3,14H2,1-2H3. The van der Waals surface area contributed by atoms with Crippen LogP contribution < -0.4 is 4.74 Å². The van der Waals surface area contributed by atoms with Crippen LogP contribution in [-0.4, -0.2) is 11.9 Å². The van der Waals surface area contributed by atoms with E-state index in [2.05, 4.69) is 4.52 Å². The Hall–Kier alpha value is -2.58. The second-order valence-corrected chi connectivity index (χ2v) is 8.17. The normalized spacial score (nSPS) is 13.7. The second kappa shape index (κ2) is 10.2. The quantitative estimate of drug-likeness (QED) is 0.271. The van der Waals surface area contributed by atoms with E-state index in [4.69, 9.17) is 15.0 Å². The van der Waals surface area contributed by atoms with Gasteiger partial charge in [0.05, 0.1) is 16.9 Å². The van der Waals surface area contributed by atoms with Crippen LogP contribution >= 0.6 is 11.9 Å². The Bertz CT molecular complexity index is 1040. The van der Waals surface area contributed by atoms with Gasteiger partial charge in [-0.25, -0.2) is 0 Å². The van der Waals surface area contributed by atoms with Crippen molar-refractivity contribution < 1.29 is 22.6 Å². The number of hydrogen-bond donors (Lipinski definition) is 1. The Morgan fingerprint density at radius 1 is 1.03 bits per heavy atom. The molecule has 0 heterocycles. The van der Waals surface area contributed by atoms with Gasteiger partial charge in [0.15, 0.2) is 0 Å². The molecule has 0 fully saturated rings. The van der Waals surface area contributed by atoms with E-state index in [0.717, 1.165) is 40.4 Å². The van der Waals surface area contributed by atoms with Crippen LogP contribution in [0.2, 0.25) is 0 Å². The van der Waals surface area contributed by atoms with Crippen LogP contribution in [0.5, 0.6) is 5.75 Å². The summed E-state index contributed by atoms with van der Waals surface area (Å²) >= 11 is 0.949. The molecule has 1 N–H and O–H groups in total. The first-order valence-electron chi connectivity index (χ1n) is 9.78. The summed E-state index contributed by atoms with van der Waals surface area (Å²) in [4.78, 5) is 0. The minimum Gasteiger partial charge on any atom is -0.489 e. The molecule has 3 rings (SSSR count). The van der Waals surface area contributed by atoms with E-state index in [0.29, 0.717) is 12.2 Å². The second-order valence-electron chi connectivity index (χ2n) is 7.04. The lowest BCUT2D eigenvalue weighted by atomic mass is 10.0. The molecule has 0 aliphatic heterocycles. The van der Waals surface area contributed by atoms with Gasteiger partial charge in [0, 0.05) is 18.6 Å². The van der Waals surface area contributed by atoms with Crippen molar-refractivity contribution in [2.75, 3.05) is 6.61 Å². The topological polar surface area (TPSA) is 54.7 Å². The number of nitrogens with zero attached hydrogens (tertiary/aromatic N) is 1. The van der Waals surface area contributed by atoms with Gasteiger partial charge in [0.25, 0.3) is 0 Å².